The molecule has 0 saturated carbocycles. The highest BCUT2D eigenvalue weighted by atomic mass is 35.5. The molecule has 1 aromatic carbocycles. The van der Waals surface area contributed by atoms with Crippen LogP contribution < -0.4 is 4.74 Å². The molecule has 8 heteroatoms. The third kappa shape index (κ3) is 3.11. The number of rotatable bonds is 2. The second-order valence-electron chi connectivity index (χ2n) is 3.78. The summed E-state index contributed by atoms with van der Waals surface area (Å²) in [5.74, 6) is -0.700. The van der Waals surface area contributed by atoms with Crippen LogP contribution in [-0.2, 0) is 6.18 Å². The number of benzene rings is 1. The third-order valence-corrected chi connectivity index (χ3v) is 2.60. The van der Waals surface area contributed by atoms with Gasteiger partial charge in [-0.15, -0.1) is 0 Å². The molecule has 4 nitrogen and oxygen atoms in total. The van der Waals surface area contributed by atoms with Crippen LogP contribution in [0.4, 0.5) is 13.2 Å². The first-order valence-electron chi connectivity index (χ1n) is 5.28. The van der Waals surface area contributed by atoms with E-state index in [2.05, 4.69) is 4.98 Å². The van der Waals surface area contributed by atoms with Gasteiger partial charge in [-0.25, -0.2) is 9.78 Å². The number of carbonyl (C=O) groups excluding carboxylic acids is 1. The highest BCUT2D eigenvalue weighted by Crippen LogP contribution is 2.36. The fourth-order valence-corrected chi connectivity index (χ4v) is 1.68. The summed E-state index contributed by atoms with van der Waals surface area (Å²) in [4.78, 5) is 15.3. The molecule has 0 amide bonds. The predicted octanol–water partition coefficient (Wildman–Crippen LogP) is 3.87. The summed E-state index contributed by atoms with van der Waals surface area (Å²) in [6.45, 7) is 1.53. The predicted molar refractivity (Wildman–Crippen MR) is 62.7 cm³/mol. The smallest absolute Gasteiger partial charge is 0.417 e. The van der Waals surface area contributed by atoms with Gasteiger partial charge in [0.1, 0.15) is 12.0 Å². The summed E-state index contributed by atoms with van der Waals surface area (Å²) in [7, 11) is 0. The Kier molecular flexibility index (Phi) is 3.71. The van der Waals surface area contributed by atoms with Gasteiger partial charge in [-0.1, -0.05) is 11.6 Å². The van der Waals surface area contributed by atoms with Gasteiger partial charge >= 0.3 is 12.1 Å². The van der Waals surface area contributed by atoms with Gasteiger partial charge in [0.05, 0.1) is 10.6 Å². The standard InChI is InChI=1S/C12H7ClF3NO3/c1-6-17-10(5-19-6)11(18)20-7-2-3-8(9(13)4-7)12(14,15)16/h2-5H,1H3. The number of hydrogen-bond acceptors (Lipinski definition) is 4. The number of alkyl halides is 3. The molecule has 0 unspecified atom stereocenters. The lowest BCUT2D eigenvalue weighted by Crippen LogP contribution is -2.10. The minimum atomic E-state index is -4.57. The van der Waals surface area contributed by atoms with Crippen molar-refractivity contribution in [1.82, 2.24) is 4.98 Å². The van der Waals surface area contributed by atoms with Crippen LogP contribution in [0.5, 0.6) is 5.75 Å². The minimum Gasteiger partial charge on any atom is -0.448 e. The molecule has 0 aliphatic heterocycles. The van der Waals surface area contributed by atoms with Crippen LogP contribution in [0.3, 0.4) is 0 Å². The van der Waals surface area contributed by atoms with Crippen molar-refractivity contribution in [3.63, 3.8) is 0 Å². The number of halogens is 4. The van der Waals surface area contributed by atoms with Crippen molar-refractivity contribution in [1.29, 1.82) is 0 Å². The summed E-state index contributed by atoms with van der Waals surface area (Å²) in [6, 6.07) is 2.65. The molecular weight excluding hydrogens is 299 g/mol. The van der Waals surface area contributed by atoms with Gasteiger partial charge in [0.25, 0.3) is 0 Å². The summed E-state index contributed by atoms with van der Waals surface area (Å²) in [5, 5.41) is -0.556. The van der Waals surface area contributed by atoms with E-state index in [9.17, 15) is 18.0 Å². The van der Waals surface area contributed by atoms with Crippen LogP contribution in [-0.4, -0.2) is 11.0 Å². The number of aromatic nitrogens is 1. The number of ether oxygens (including phenoxy) is 1. The molecule has 0 bridgehead atoms. The van der Waals surface area contributed by atoms with Crippen LogP contribution in [0.1, 0.15) is 21.9 Å². The first-order chi connectivity index (χ1) is 9.27. The molecule has 0 aliphatic carbocycles. The van der Waals surface area contributed by atoms with Gasteiger partial charge in [0, 0.05) is 13.0 Å². The van der Waals surface area contributed by atoms with E-state index in [4.69, 9.17) is 20.8 Å². The van der Waals surface area contributed by atoms with E-state index in [1.807, 2.05) is 0 Å². The SMILES string of the molecule is Cc1nc(C(=O)Oc2ccc(C(F)(F)F)c(Cl)c2)co1. The Hall–Kier alpha value is -2.02. The average Bonchev–Trinajstić information content (AvgIpc) is 2.74. The van der Waals surface area contributed by atoms with Gasteiger partial charge in [-0.2, -0.15) is 13.2 Å². The van der Waals surface area contributed by atoms with Gasteiger partial charge in [0.2, 0.25) is 0 Å². The number of esters is 1. The molecule has 0 fully saturated rings. The van der Waals surface area contributed by atoms with Crippen molar-refractivity contribution in [2.24, 2.45) is 0 Å². The van der Waals surface area contributed by atoms with E-state index < -0.39 is 22.7 Å². The van der Waals surface area contributed by atoms with Crippen molar-refractivity contribution in [2.75, 3.05) is 0 Å². The van der Waals surface area contributed by atoms with Crippen molar-refractivity contribution in [3.8, 4) is 5.75 Å². The third-order valence-electron chi connectivity index (χ3n) is 2.28. The fourth-order valence-electron chi connectivity index (χ4n) is 1.41. The second-order valence-corrected chi connectivity index (χ2v) is 4.19. The molecule has 0 spiro atoms. The molecule has 0 radical (unpaired) electrons. The average molecular weight is 306 g/mol. The Morgan fingerprint density at radius 1 is 1.40 bits per heavy atom. The van der Waals surface area contributed by atoms with Crippen molar-refractivity contribution < 1.29 is 27.1 Å². The molecule has 0 saturated heterocycles. The Labute approximate surface area is 116 Å². The molecule has 2 aromatic rings. The van der Waals surface area contributed by atoms with Gasteiger partial charge in [-0.05, 0) is 12.1 Å². The van der Waals surface area contributed by atoms with E-state index in [0.717, 1.165) is 24.5 Å². The van der Waals surface area contributed by atoms with Crippen molar-refractivity contribution in [2.45, 2.75) is 13.1 Å². The Morgan fingerprint density at radius 3 is 2.60 bits per heavy atom. The summed E-state index contributed by atoms with van der Waals surface area (Å²) < 4.78 is 47.2. The molecule has 1 heterocycles. The molecule has 106 valence electrons. The molecular formula is C12H7ClF3NO3. The highest BCUT2D eigenvalue weighted by molar-refractivity contribution is 6.31. The first kappa shape index (κ1) is 14.4. The van der Waals surface area contributed by atoms with Crippen LogP contribution in [0, 0.1) is 6.92 Å². The van der Waals surface area contributed by atoms with E-state index in [1.165, 1.54) is 6.92 Å². The van der Waals surface area contributed by atoms with Gasteiger partial charge < -0.3 is 9.15 Å². The summed E-state index contributed by atoms with van der Waals surface area (Å²) in [5.41, 5.74) is -1.09. The Balaban J connectivity index is 2.19. The van der Waals surface area contributed by atoms with E-state index in [-0.39, 0.29) is 17.3 Å². The molecule has 1 aromatic heterocycles. The quantitative estimate of drug-likeness (QED) is 0.624. The topological polar surface area (TPSA) is 52.3 Å². The zero-order chi connectivity index (χ0) is 14.9. The zero-order valence-corrected chi connectivity index (χ0v) is 10.7. The lowest BCUT2D eigenvalue weighted by molar-refractivity contribution is -0.137. The largest absolute Gasteiger partial charge is 0.448 e. The zero-order valence-electron chi connectivity index (χ0n) is 9.99. The fraction of sp³-hybridized carbons (Fsp3) is 0.167. The normalized spacial score (nSPS) is 11.4. The number of hydrogen-bond donors (Lipinski definition) is 0. The van der Waals surface area contributed by atoms with E-state index >= 15 is 0 Å². The summed E-state index contributed by atoms with van der Waals surface area (Å²) >= 11 is 5.50. The van der Waals surface area contributed by atoms with Gasteiger partial charge in [0.15, 0.2) is 11.6 Å². The van der Waals surface area contributed by atoms with Crippen LogP contribution in [0.25, 0.3) is 0 Å². The number of aryl methyl sites for hydroxylation is 1. The lowest BCUT2D eigenvalue weighted by atomic mass is 10.2. The number of nitrogens with zero attached hydrogens (tertiary/aromatic N) is 1. The highest BCUT2D eigenvalue weighted by Gasteiger charge is 2.33. The minimum absolute atomic E-state index is 0.0847. The van der Waals surface area contributed by atoms with E-state index in [1.54, 1.807) is 0 Å². The molecule has 0 N–H and O–H groups in total. The van der Waals surface area contributed by atoms with Crippen molar-refractivity contribution >= 4 is 17.6 Å². The van der Waals surface area contributed by atoms with Crippen LogP contribution in [0.15, 0.2) is 28.9 Å². The van der Waals surface area contributed by atoms with Crippen molar-refractivity contribution in [3.05, 3.63) is 46.6 Å². The maximum absolute atomic E-state index is 12.5. The molecule has 2 rings (SSSR count). The van der Waals surface area contributed by atoms with Crippen LogP contribution >= 0.6 is 11.6 Å². The summed E-state index contributed by atoms with van der Waals surface area (Å²) in [6.07, 6.45) is -3.48. The van der Waals surface area contributed by atoms with Gasteiger partial charge in [-0.3, -0.25) is 0 Å². The van der Waals surface area contributed by atoms with E-state index in [0.29, 0.717) is 0 Å². The molecule has 20 heavy (non-hydrogen) atoms. The maximum Gasteiger partial charge on any atom is 0.417 e. The Bertz CT molecular complexity index is 652. The first-order valence-corrected chi connectivity index (χ1v) is 5.66. The molecule has 0 aliphatic rings. The van der Waals surface area contributed by atoms with Crippen LogP contribution in [0.2, 0.25) is 5.02 Å². The second kappa shape index (κ2) is 5.16. The lowest BCUT2D eigenvalue weighted by Gasteiger charge is -2.10. The monoisotopic (exact) mass is 305 g/mol. The number of oxazole rings is 1. The molecule has 0 atom stereocenters. The maximum atomic E-state index is 12.5. The number of carbonyl (C=O) groups is 1. The Morgan fingerprint density at radius 2 is 2.10 bits per heavy atom.